The average molecular weight is 454 g/mol. The molecule has 1 saturated heterocycles. The first-order valence-corrected chi connectivity index (χ1v) is 12.2. The van der Waals surface area contributed by atoms with E-state index in [0.717, 1.165) is 59.6 Å². The van der Waals surface area contributed by atoms with Gasteiger partial charge in [-0.15, -0.1) is 23.1 Å². The van der Waals surface area contributed by atoms with Crippen molar-refractivity contribution >= 4 is 29.0 Å². The fourth-order valence-corrected chi connectivity index (χ4v) is 5.40. The molecule has 162 valence electrons. The van der Waals surface area contributed by atoms with E-state index in [9.17, 15) is 4.79 Å². The zero-order valence-corrected chi connectivity index (χ0v) is 19.5. The Morgan fingerprint density at radius 3 is 2.48 bits per heavy atom. The van der Waals surface area contributed by atoms with E-state index in [0.29, 0.717) is 0 Å². The van der Waals surface area contributed by atoms with Gasteiger partial charge in [-0.25, -0.2) is 4.98 Å². The van der Waals surface area contributed by atoms with Gasteiger partial charge in [-0.3, -0.25) is 9.69 Å². The summed E-state index contributed by atoms with van der Waals surface area (Å²) in [5.41, 5.74) is 2.20. The minimum Gasteiger partial charge on any atom is -0.497 e. The number of carbonyl (C=O) groups excluding carboxylic acids is 1. The van der Waals surface area contributed by atoms with Crippen molar-refractivity contribution in [2.45, 2.75) is 23.6 Å². The Bertz CT molecular complexity index is 984. The van der Waals surface area contributed by atoms with Gasteiger partial charge in [-0.1, -0.05) is 18.2 Å². The van der Waals surface area contributed by atoms with E-state index in [2.05, 4.69) is 22.4 Å². The van der Waals surface area contributed by atoms with E-state index in [1.54, 1.807) is 30.2 Å². The number of hydrogen-bond donors (Lipinski definition) is 0. The molecular formula is C24H27N3O2S2. The lowest BCUT2D eigenvalue weighted by atomic mass is 10.2. The molecule has 3 aromatic rings. The number of amides is 1. The van der Waals surface area contributed by atoms with Crippen LogP contribution in [0.1, 0.15) is 12.6 Å². The lowest BCUT2D eigenvalue weighted by Crippen LogP contribution is -2.50. The predicted molar refractivity (Wildman–Crippen MR) is 128 cm³/mol. The van der Waals surface area contributed by atoms with Gasteiger partial charge < -0.3 is 9.64 Å². The molecular weight excluding hydrogens is 426 g/mol. The van der Waals surface area contributed by atoms with Gasteiger partial charge in [-0.2, -0.15) is 0 Å². The minimum atomic E-state index is -0.0699. The Morgan fingerprint density at radius 1 is 1.10 bits per heavy atom. The molecule has 0 bridgehead atoms. The Morgan fingerprint density at radius 2 is 1.81 bits per heavy atom. The van der Waals surface area contributed by atoms with Crippen molar-refractivity contribution in [2.24, 2.45) is 0 Å². The first kappa shape index (κ1) is 21.9. The standard InChI is InChI=1S/C24H27N3O2S2/c1-18(31-22-6-4-3-5-7-22)24(28)27-14-12-26(13-15-27)16-20-17-30-23(25-20)19-8-10-21(29-2)11-9-19/h3-11,17-18H,12-16H2,1-2H3. The number of rotatable bonds is 7. The number of piperazine rings is 1. The summed E-state index contributed by atoms with van der Waals surface area (Å²) in [6.45, 7) is 6.13. The van der Waals surface area contributed by atoms with Crippen LogP contribution in [-0.2, 0) is 11.3 Å². The third kappa shape index (κ3) is 5.67. The molecule has 0 spiro atoms. The highest BCUT2D eigenvalue weighted by Gasteiger charge is 2.25. The molecule has 1 aliphatic rings. The molecule has 1 aromatic heterocycles. The molecule has 2 heterocycles. The summed E-state index contributed by atoms with van der Waals surface area (Å²) in [5.74, 6) is 1.08. The van der Waals surface area contributed by atoms with Gasteiger partial charge >= 0.3 is 0 Å². The minimum absolute atomic E-state index is 0.0699. The van der Waals surface area contributed by atoms with Crippen molar-refractivity contribution < 1.29 is 9.53 Å². The number of nitrogens with zero attached hydrogens (tertiary/aromatic N) is 3. The van der Waals surface area contributed by atoms with Crippen LogP contribution in [0, 0.1) is 0 Å². The summed E-state index contributed by atoms with van der Waals surface area (Å²) in [4.78, 5) is 23.2. The Balaban J connectivity index is 1.27. The van der Waals surface area contributed by atoms with Gasteiger partial charge in [0.1, 0.15) is 10.8 Å². The second-order valence-electron chi connectivity index (χ2n) is 7.55. The van der Waals surface area contributed by atoms with Gasteiger partial charge in [0, 0.05) is 48.6 Å². The van der Waals surface area contributed by atoms with Crippen molar-refractivity contribution in [3.63, 3.8) is 0 Å². The average Bonchev–Trinajstić information content (AvgIpc) is 3.28. The van der Waals surface area contributed by atoms with Gasteiger partial charge in [0.2, 0.25) is 5.91 Å². The third-order valence-corrected chi connectivity index (χ3v) is 7.40. The number of carbonyl (C=O) groups is 1. The molecule has 1 unspecified atom stereocenters. The molecule has 0 aliphatic carbocycles. The van der Waals surface area contributed by atoms with E-state index in [4.69, 9.17) is 9.72 Å². The lowest BCUT2D eigenvalue weighted by Gasteiger charge is -2.35. The summed E-state index contributed by atoms with van der Waals surface area (Å²) in [6, 6.07) is 18.1. The first-order chi connectivity index (χ1) is 15.1. The number of benzene rings is 2. The quantitative estimate of drug-likeness (QED) is 0.488. The molecule has 0 saturated carbocycles. The second-order valence-corrected chi connectivity index (χ2v) is 9.82. The maximum Gasteiger partial charge on any atom is 0.235 e. The monoisotopic (exact) mass is 453 g/mol. The summed E-state index contributed by atoms with van der Waals surface area (Å²) < 4.78 is 5.23. The SMILES string of the molecule is COc1ccc(-c2nc(CN3CCN(C(=O)C(C)Sc4ccccc4)CC3)cs2)cc1. The third-order valence-electron chi connectivity index (χ3n) is 5.36. The Kier molecular flexibility index (Phi) is 7.27. The zero-order chi connectivity index (χ0) is 21.6. The number of ether oxygens (including phenoxy) is 1. The highest BCUT2D eigenvalue weighted by atomic mass is 32.2. The van der Waals surface area contributed by atoms with Gasteiger partial charge in [0.05, 0.1) is 18.1 Å². The molecule has 5 nitrogen and oxygen atoms in total. The van der Waals surface area contributed by atoms with E-state index in [1.807, 2.05) is 54.3 Å². The molecule has 1 aliphatic heterocycles. The number of thiazole rings is 1. The second kappa shape index (κ2) is 10.3. The molecule has 0 radical (unpaired) electrons. The molecule has 2 aromatic carbocycles. The van der Waals surface area contributed by atoms with Crippen LogP contribution in [0.4, 0.5) is 0 Å². The fourth-order valence-electron chi connectivity index (χ4n) is 3.61. The summed E-state index contributed by atoms with van der Waals surface area (Å²) >= 11 is 3.30. The maximum atomic E-state index is 12.8. The van der Waals surface area contributed by atoms with Crippen LogP contribution in [0.15, 0.2) is 64.9 Å². The molecule has 0 N–H and O–H groups in total. The van der Waals surface area contributed by atoms with E-state index in [1.165, 1.54) is 0 Å². The zero-order valence-electron chi connectivity index (χ0n) is 17.9. The Hall–Kier alpha value is -2.35. The number of thioether (sulfide) groups is 1. The van der Waals surface area contributed by atoms with Crippen molar-refractivity contribution in [1.29, 1.82) is 0 Å². The molecule has 4 rings (SSSR count). The van der Waals surface area contributed by atoms with Gasteiger partial charge in [0.25, 0.3) is 0 Å². The highest BCUT2D eigenvalue weighted by molar-refractivity contribution is 8.00. The van der Waals surface area contributed by atoms with Crippen LogP contribution in [0.3, 0.4) is 0 Å². The van der Waals surface area contributed by atoms with Crippen molar-refractivity contribution in [3.8, 4) is 16.3 Å². The normalized spacial score (nSPS) is 15.6. The molecule has 7 heteroatoms. The van der Waals surface area contributed by atoms with E-state index < -0.39 is 0 Å². The number of aromatic nitrogens is 1. The van der Waals surface area contributed by atoms with Crippen LogP contribution >= 0.6 is 23.1 Å². The molecule has 1 amide bonds. The summed E-state index contributed by atoms with van der Waals surface area (Å²) in [5, 5.41) is 3.09. The molecule has 31 heavy (non-hydrogen) atoms. The van der Waals surface area contributed by atoms with Crippen molar-refractivity contribution in [3.05, 3.63) is 65.7 Å². The van der Waals surface area contributed by atoms with Crippen molar-refractivity contribution in [2.75, 3.05) is 33.3 Å². The largest absolute Gasteiger partial charge is 0.497 e. The van der Waals surface area contributed by atoms with Crippen LogP contribution in [0.25, 0.3) is 10.6 Å². The van der Waals surface area contributed by atoms with Crippen LogP contribution in [0.5, 0.6) is 5.75 Å². The predicted octanol–water partition coefficient (Wildman–Crippen LogP) is 4.64. The van der Waals surface area contributed by atoms with Gasteiger partial charge in [-0.05, 0) is 43.3 Å². The maximum absolute atomic E-state index is 12.8. The Labute approximate surface area is 192 Å². The summed E-state index contributed by atoms with van der Waals surface area (Å²) in [6.07, 6.45) is 0. The molecule has 1 fully saturated rings. The van der Waals surface area contributed by atoms with Crippen LogP contribution in [0.2, 0.25) is 0 Å². The summed E-state index contributed by atoms with van der Waals surface area (Å²) in [7, 11) is 1.67. The molecule has 1 atom stereocenters. The van der Waals surface area contributed by atoms with E-state index >= 15 is 0 Å². The smallest absolute Gasteiger partial charge is 0.235 e. The van der Waals surface area contributed by atoms with Crippen LogP contribution < -0.4 is 4.74 Å². The van der Waals surface area contributed by atoms with E-state index in [-0.39, 0.29) is 11.2 Å². The van der Waals surface area contributed by atoms with Gasteiger partial charge in [0.15, 0.2) is 0 Å². The van der Waals surface area contributed by atoms with Crippen LogP contribution in [-0.4, -0.2) is 59.2 Å². The fraction of sp³-hybridized carbons (Fsp3) is 0.333. The number of methoxy groups -OCH3 is 1. The first-order valence-electron chi connectivity index (χ1n) is 10.4. The topological polar surface area (TPSA) is 45.7 Å². The highest BCUT2D eigenvalue weighted by Crippen LogP contribution is 2.27. The number of hydrogen-bond acceptors (Lipinski definition) is 6. The van der Waals surface area contributed by atoms with Crippen molar-refractivity contribution in [1.82, 2.24) is 14.8 Å². The lowest BCUT2D eigenvalue weighted by molar-refractivity contribution is -0.132.